The average molecular weight is 579 g/mol. The molecule has 1 N–H and O–H groups in total. The van der Waals surface area contributed by atoms with Gasteiger partial charge in [-0.1, -0.05) is 108 Å². The van der Waals surface area contributed by atoms with E-state index in [0.717, 1.165) is 55.2 Å². The Bertz CT molecular complexity index is 1480. The fraction of sp³-hybridized carbons (Fsp3) is 0.625. The zero-order chi connectivity index (χ0) is 29.9. The summed E-state index contributed by atoms with van der Waals surface area (Å²) in [6.07, 6.45) is 12.7. The average Bonchev–Trinajstić information content (AvgIpc) is 3.50. The molecular formula is C40H54N2O. The Morgan fingerprint density at radius 2 is 1.63 bits per heavy atom. The van der Waals surface area contributed by atoms with Crippen molar-refractivity contribution in [2.24, 2.45) is 57.4 Å². The van der Waals surface area contributed by atoms with Crippen LogP contribution in [0, 0.1) is 52.3 Å². The molecule has 3 aromatic rings. The van der Waals surface area contributed by atoms with E-state index in [1.54, 1.807) is 5.56 Å². The van der Waals surface area contributed by atoms with E-state index in [1.807, 2.05) is 0 Å². The Labute approximate surface area is 260 Å². The quantitative estimate of drug-likeness (QED) is 0.220. The smallest absolute Gasteiger partial charge is 0.0614 e. The molecule has 4 aliphatic rings. The molecule has 3 nitrogen and oxygen atoms in total. The summed E-state index contributed by atoms with van der Waals surface area (Å²) in [7, 11) is 0. The molecule has 3 heteroatoms. The standard InChI is InChI=1S/C40H54N2O/c1-26(2)12-11-13-27(3)32-18-19-33-30-22-36(41-43)35-23-38-31(24-40(35,5)34(30)20-21-39(32,33)4)29-16-9-10-17-37(29)42(38)25-28-14-7-6-8-15-28/h6-10,14-17,26-27,30,32-35,43H,11-13,18-25H2,1-5H3/b41-36+. The lowest BCUT2D eigenvalue weighted by Crippen LogP contribution is -2.57. The molecule has 8 unspecified atom stereocenters. The summed E-state index contributed by atoms with van der Waals surface area (Å²) in [4.78, 5) is 0. The summed E-state index contributed by atoms with van der Waals surface area (Å²) >= 11 is 0. The number of nitrogens with zero attached hydrogens (tertiary/aromatic N) is 2. The summed E-state index contributed by atoms with van der Waals surface area (Å²) < 4.78 is 2.58. The van der Waals surface area contributed by atoms with Gasteiger partial charge in [0.2, 0.25) is 0 Å². The summed E-state index contributed by atoms with van der Waals surface area (Å²) in [6, 6.07) is 20.0. The molecule has 0 amide bonds. The summed E-state index contributed by atoms with van der Waals surface area (Å²) in [5.74, 6) is 4.92. The third-order valence-electron chi connectivity index (χ3n) is 13.6. The molecule has 0 bridgehead atoms. The highest BCUT2D eigenvalue weighted by atomic mass is 16.4. The summed E-state index contributed by atoms with van der Waals surface area (Å²) in [5.41, 5.74) is 7.43. The molecule has 0 radical (unpaired) electrons. The van der Waals surface area contributed by atoms with Gasteiger partial charge < -0.3 is 9.77 Å². The van der Waals surface area contributed by atoms with Crippen molar-refractivity contribution in [1.29, 1.82) is 0 Å². The second-order valence-corrected chi connectivity index (χ2v) is 16.2. The molecule has 3 saturated carbocycles. The van der Waals surface area contributed by atoms with Gasteiger partial charge in [0.05, 0.1) is 5.71 Å². The van der Waals surface area contributed by atoms with Gasteiger partial charge in [-0.15, -0.1) is 0 Å². The Kier molecular flexibility index (Phi) is 7.54. The number of para-hydroxylation sites is 1. The third-order valence-corrected chi connectivity index (χ3v) is 13.6. The van der Waals surface area contributed by atoms with E-state index in [2.05, 4.69) is 98.9 Å². The molecule has 230 valence electrons. The van der Waals surface area contributed by atoms with Crippen LogP contribution in [0.2, 0.25) is 0 Å². The van der Waals surface area contributed by atoms with Crippen molar-refractivity contribution in [2.45, 2.75) is 105 Å². The van der Waals surface area contributed by atoms with Crippen molar-refractivity contribution in [1.82, 2.24) is 4.57 Å². The molecule has 0 spiro atoms. The number of aromatic nitrogens is 1. The van der Waals surface area contributed by atoms with E-state index >= 15 is 0 Å². The van der Waals surface area contributed by atoms with E-state index in [9.17, 15) is 5.21 Å². The number of hydrogen-bond acceptors (Lipinski definition) is 2. The van der Waals surface area contributed by atoms with Gasteiger partial charge in [-0.2, -0.15) is 0 Å². The first-order valence-electron chi connectivity index (χ1n) is 17.6. The molecule has 3 fully saturated rings. The minimum Gasteiger partial charge on any atom is -0.411 e. The lowest BCUT2D eigenvalue weighted by atomic mass is 9.44. The fourth-order valence-corrected chi connectivity index (χ4v) is 11.5. The number of oxime groups is 1. The number of benzene rings is 2. The van der Waals surface area contributed by atoms with Crippen molar-refractivity contribution in [3.63, 3.8) is 0 Å². The van der Waals surface area contributed by atoms with E-state index in [1.165, 1.54) is 67.1 Å². The van der Waals surface area contributed by atoms with E-state index < -0.39 is 0 Å². The summed E-state index contributed by atoms with van der Waals surface area (Å²) in [6.45, 7) is 13.5. The highest BCUT2D eigenvalue weighted by molar-refractivity contribution is 5.91. The number of fused-ring (bicyclic) bond motifs is 8. The van der Waals surface area contributed by atoms with Gasteiger partial charge in [-0.25, -0.2) is 0 Å². The monoisotopic (exact) mass is 578 g/mol. The Morgan fingerprint density at radius 1 is 0.884 bits per heavy atom. The van der Waals surface area contributed by atoms with Crippen LogP contribution in [0.15, 0.2) is 59.8 Å². The lowest BCUT2D eigenvalue weighted by molar-refractivity contribution is -0.0715. The highest BCUT2D eigenvalue weighted by Gasteiger charge is 2.62. The molecule has 0 aliphatic heterocycles. The normalized spacial score (nSPS) is 35.0. The predicted molar refractivity (Wildman–Crippen MR) is 179 cm³/mol. The maximum absolute atomic E-state index is 10.6. The molecule has 1 heterocycles. The van der Waals surface area contributed by atoms with E-state index in [4.69, 9.17) is 0 Å². The Morgan fingerprint density at radius 3 is 2.40 bits per heavy atom. The van der Waals surface area contributed by atoms with Gasteiger partial charge in [0.15, 0.2) is 0 Å². The lowest BCUT2D eigenvalue weighted by Gasteiger charge is -2.60. The Hall–Kier alpha value is -2.55. The van der Waals surface area contributed by atoms with Crippen LogP contribution >= 0.6 is 0 Å². The van der Waals surface area contributed by atoms with Crippen molar-refractivity contribution in [3.8, 4) is 0 Å². The van der Waals surface area contributed by atoms with Gasteiger partial charge >= 0.3 is 0 Å². The minimum absolute atomic E-state index is 0.140. The van der Waals surface area contributed by atoms with Crippen LogP contribution in [0.4, 0.5) is 0 Å². The van der Waals surface area contributed by atoms with Crippen LogP contribution in [0.25, 0.3) is 10.9 Å². The zero-order valence-electron chi connectivity index (χ0n) is 27.4. The van der Waals surface area contributed by atoms with Crippen molar-refractivity contribution >= 4 is 16.6 Å². The van der Waals surface area contributed by atoms with Gasteiger partial charge in [-0.3, -0.25) is 0 Å². The molecule has 7 rings (SSSR count). The van der Waals surface area contributed by atoms with Crippen LogP contribution in [-0.2, 0) is 19.4 Å². The van der Waals surface area contributed by atoms with Crippen LogP contribution < -0.4 is 0 Å². The largest absolute Gasteiger partial charge is 0.411 e. The summed E-state index contributed by atoms with van der Waals surface area (Å²) in [5, 5.41) is 16.2. The van der Waals surface area contributed by atoms with Gasteiger partial charge in [0, 0.05) is 29.1 Å². The first-order chi connectivity index (χ1) is 20.7. The van der Waals surface area contributed by atoms with Gasteiger partial charge in [-0.05, 0) is 108 Å². The first-order valence-corrected chi connectivity index (χ1v) is 17.6. The molecule has 4 aliphatic carbocycles. The molecule has 8 atom stereocenters. The topological polar surface area (TPSA) is 37.5 Å². The van der Waals surface area contributed by atoms with Crippen LogP contribution in [0.1, 0.15) is 103 Å². The third kappa shape index (κ3) is 4.70. The maximum Gasteiger partial charge on any atom is 0.0614 e. The van der Waals surface area contributed by atoms with Crippen LogP contribution in [0.3, 0.4) is 0 Å². The maximum atomic E-state index is 10.6. The zero-order valence-corrected chi connectivity index (χ0v) is 27.4. The predicted octanol–water partition coefficient (Wildman–Crippen LogP) is 10.2. The number of hydrogen-bond donors (Lipinski definition) is 1. The van der Waals surface area contributed by atoms with Gasteiger partial charge in [0.25, 0.3) is 0 Å². The second kappa shape index (κ2) is 11.1. The molecule has 1 aromatic heterocycles. The fourth-order valence-electron chi connectivity index (χ4n) is 11.5. The SMILES string of the molecule is CC(C)CCCC(C)C1CCC2C3C/C(=N\O)C4Cc5c(c6ccccc6n5Cc5ccccc5)CC4(C)C3CCC12C. The van der Waals surface area contributed by atoms with E-state index in [-0.39, 0.29) is 5.41 Å². The number of rotatable bonds is 7. The first kappa shape index (κ1) is 29.2. The van der Waals surface area contributed by atoms with Crippen LogP contribution in [0.5, 0.6) is 0 Å². The van der Waals surface area contributed by atoms with Crippen molar-refractivity contribution in [2.75, 3.05) is 0 Å². The molecular weight excluding hydrogens is 524 g/mol. The van der Waals surface area contributed by atoms with Crippen molar-refractivity contribution < 1.29 is 5.21 Å². The molecule has 2 aromatic carbocycles. The highest BCUT2D eigenvalue weighted by Crippen LogP contribution is 2.67. The second-order valence-electron chi connectivity index (χ2n) is 16.2. The van der Waals surface area contributed by atoms with Gasteiger partial charge in [0.1, 0.15) is 0 Å². The molecule has 43 heavy (non-hydrogen) atoms. The van der Waals surface area contributed by atoms with Crippen molar-refractivity contribution in [3.05, 3.63) is 71.4 Å². The van der Waals surface area contributed by atoms with E-state index in [0.29, 0.717) is 23.2 Å². The molecule has 0 saturated heterocycles. The minimum atomic E-state index is 0.140. The Balaban J connectivity index is 1.22. The van der Waals surface area contributed by atoms with Crippen LogP contribution in [-0.4, -0.2) is 15.5 Å².